The lowest BCUT2D eigenvalue weighted by Crippen LogP contribution is -2.21. The number of ether oxygens (including phenoxy) is 1. The molecule has 0 aromatic carbocycles. The fourth-order valence-electron chi connectivity index (χ4n) is 1.38. The zero-order chi connectivity index (χ0) is 13.5. The summed E-state index contributed by atoms with van der Waals surface area (Å²) >= 11 is 0. The Bertz CT molecular complexity index is 435. The van der Waals surface area contributed by atoms with Gasteiger partial charge in [-0.25, -0.2) is 4.98 Å². The normalized spacial score (nSPS) is 10.1. The summed E-state index contributed by atoms with van der Waals surface area (Å²) in [6.45, 7) is 8.08. The first-order valence-electron chi connectivity index (χ1n) is 6.02. The van der Waals surface area contributed by atoms with Crippen molar-refractivity contribution in [3.63, 3.8) is 0 Å². The first-order chi connectivity index (χ1) is 8.49. The number of allylic oxidation sites excluding steroid dienone is 1. The lowest BCUT2D eigenvalue weighted by Gasteiger charge is -2.12. The minimum Gasteiger partial charge on any atom is -0.475 e. The number of carbonyl (C=O) groups is 1. The van der Waals surface area contributed by atoms with Crippen molar-refractivity contribution in [1.82, 2.24) is 10.3 Å². The average molecular weight is 248 g/mol. The molecule has 0 aliphatic rings. The number of aromatic nitrogens is 1. The van der Waals surface area contributed by atoms with Crippen LogP contribution in [0, 0.1) is 0 Å². The number of pyridine rings is 1. The maximum absolute atomic E-state index is 11.5. The zero-order valence-corrected chi connectivity index (χ0v) is 11.4. The Hall–Kier alpha value is -1.84. The molecule has 4 nitrogen and oxygen atoms in total. The number of nitrogens with one attached hydrogen (secondary N) is 1. The largest absolute Gasteiger partial charge is 0.475 e. The van der Waals surface area contributed by atoms with E-state index in [9.17, 15) is 4.79 Å². The summed E-state index contributed by atoms with van der Waals surface area (Å²) in [7, 11) is 0. The summed E-state index contributed by atoms with van der Waals surface area (Å²) < 4.78 is 5.58. The predicted octanol–water partition coefficient (Wildman–Crippen LogP) is 2.45. The Balaban J connectivity index is 2.67. The van der Waals surface area contributed by atoms with Crippen LogP contribution in [0.4, 0.5) is 0 Å². The molecular weight excluding hydrogens is 228 g/mol. The zero-order valence-electron chi connectivity index (χ0n) is 11.4. The van der Waals surface area contributed by atoms with E-state index < -0.39 is 0 Å². The molecule has 1 rings (SSSR count). The van der Waals surface area contributed by atoms with Crippen LogP contribution in [0.3, 0.4) is 0 Å². The number of hydrogen-bond acceptors (Lipinski definition) is 3. The van der Waals surface area contributed by atoms with Gasteiger partial charge in [0.05, 0.1) is 6.10 Å². The van der Waals surface area contributed by atoms with Crippen LogP contribution in [0.15, 0.2) is 30.0 Å². The van der Waals surface area contributed by atoms with Crippen molar-refractivity contribution in [2.24, 2.45) is 0 Å². The van der Waals surface area contributed by atoms with Crippen molar-refractivity contribution < 1.29 is 9.53 Å². The third-order valence-electron chi connectivity index (χ3n) is 2.07. The van der Waals surface area contributed by atoms with Gasteiger partial charge in [0.2, 0.25) is 11.8 Å². The second-order valence-corrected chi connectivity index (χ2v) is 4.57. The highest BCUT2D eigenvalue weighted by Gasteiger charge is 2.07. The monoisotopic (exact) mass is 248 g/mol. The average Bonchev–Trinajstić information content (AvgIpc) is 2.26. The highest BCUT2D eigenvalue weighted by atomic mass is 16.5. The van der Waals surface area contributed by atoms with Crippen LogP contribution >= 0.6 is 0 Å². The highest BCUT2D eigenvalue weighted by Crippen LogP contribution is 2.15. The van der Waals surface area contributed by atoms with Gasteiger partial charge in [-0.2, -0.15) is 0 Å². The number of hydrogen-bond donors (Lipinski definition) is 1. The maximum atomic E-state index is 11.5. The maximum Gasteiger partial charge on any atom is 0.244 e. The number of amides is 1. The first kappa shape index (κ1) is 14.2. The summed E-state index contributed by atoms with van der Waals surface area (Å²) in [6, 6.07) is 3.73. The van der Waals surface area contributed by atoms with Crippen molar-refractivity contribution in [3.8, 4) is 5.88 Å². The topological polar surface area (TPSA) is 51.2 Å². The Morgan fingerprint density at radius 2 is 2.22 bits per heavy atom. The van der Waals surface area contributed by atoms with Gasteiger partial charge in [0.15, 0.2) is 0 Å². The van der Waals surface area contributed by atoms with Gasteiger partial charge in [0.1, 0.15) is 0 Å². The van der Waals surface area contributed by atoms with E-state index in [-0.39, 0.29) is 12.0 Å². The standard InChI is InChI=1S/C14H20N2O2/c1-10(2)8-13(17)16-9-12-6-5-7-15-14(12)18-11(3)4/h5-8,11H,9H2,1-4H3,(H,16,17). The quantitative estimate of drug-likeness (QED) is 0.814. The van der Waals surface area contributed by atoms with Gasteiger partial charge >= 0.3 is 0 Å². The van der Waals surface area contributed by atoms with Crippen molar-refractivity contribution in [2.75, 3.05) is 0 Å². The minimum atomic E-state index is -0.102. The van der Waals surface area contributed by atoms with Crippen LogP contribution in [0.25, 0.3) is 0 Å². The second-order valence-electron chi connectivity index (χ2n) is 4.57. The Morgan fingerprint density at radius 1 is 1.50 bits per heavy atom. The summed E-state index contributed by atoms with van der Waals surface area (Å²) in [4.78, 5) is 15.7. The van der Waals surface area contributed by atoms with Crippen LogP contribution in [-0.2, 0) is 11.3 Å². The molecule has 0 unspecified atom stereocenters. The fourth-order valence-corrected chi connectivity index (χ4v) is 1.38. The Kier molecular flexibility index (Phi) is 5.36. The molecule has 0 fully saturated rings. The molecule has 0 saturated heterocycles. The third kappa shape index (κ3) is 4.99. The molecule has 1 aromatic rings. The molecule has 1 amide bonds. The predicted molar refractivity (Wildman–Crippen MR) is 71.3 cm³/mol. The summed E-state index contributed by atoms with van der Waals surface area (Å²) in [6.07, 6.45) is 3.31. The van der Waals surface area contributed by atoms with Gasteiger partial charge in [-0.1, -0.05) is 11.6 Å². The van der Waals surface area contributed by atoms with Crippen LogP contribution in [0.5, 0.6) is 5.88 Å². The number of rotatable bonds is 5. The molecule has 1 N–H and O–H groups in total. The van der Waals surface area contributed by atoms with Crippen LogP contribution in [0.1, 0.15) is 33.3 Å². The molecule has 1 aromatic heterocycles. The lowest BCUT2D eigenvalue weighted by atomic mass is 10.2. The van der Waals surface area contributed by atoms with E-state index in [0.29, 0.717) is 12.4 Å². The van der Waals surface area contributed by atoms with Crippen LogP contribution < -0.4 is 10.1 Å². The molecule has 0 spiro atoms. The molecule has 98 valence electrons. The van der Waals surface area contributed by atoms with Crippen molar-refractivity contribution >= 4 is 5.91 Å². The van der Waals surface area contributed by atoms with Gasteiger partial charge in [0, 0.05) is 24.4 Å². The van der Waals surface area contributed by atoms with E-state index in [1.54, 1.807) is 12.3 Å². The first-order valence-corrected chi connectivity index (χ1v) is 6.02. The van der Waals surface area contributed by atoms with Crippen molar-refractivity contribution in [1.29, 1.82) is 0 Å². The molecule has 0 aliphatic carbocycles. The summed E-state index contributed by atoms with van der Waals surface area (Å²) in [5.41, 5.74) is 1.85. The van der Waals surface area contributed by atoms with Gasteiger partial charge in [-0.3, -0.25) is 4.79 Å². The van der Waals surface area contributed by atoms with Gasteiger partial charge in [-0.15, -0.1) is 0 Å². The van der Waals surface area contributed by atoms with E-state index in [1.807, 2.05) is 39.8 Å². The van der Waals surface area contributed by atoms with Crippen LogP contribution in [0.2, 0.25) is 0 Å². The van der Waals surface area contributed by atoms with E-state index in [4.69, 9.17) is 4.74 Å². The SMILES string of the molecule is CC(C)=CC(=O)NCc1cccnc1OC(C)C. The number of nitrogens with zero attached hydrogens (tertiary/aromatic N) is 1. The molecule has 0 radical (unpaired) electrons. The molecule has 0 bridgehead atoms. The second kappa shape index (κ2) is 6.79. The Morgan fingerprint density at radius 3 is 2.83 bits per heavy atom. The highest BCUT2D eigenvalue weighted by molar-refractivity contribution is 5.87. The molecule has 4 heteroatoms. The fraction of sp³-hybridized carbons (Fsp3) is 0.429. The molecular formula is C14H20N2O2. The Labute approximate surface area is 108 Å². The summed E-state index contributed by atoms with van der Waals surface area (Å²) in [5, 5.41) is 2.81. The van der Waals surface area contributed by atoms with Crippen molar-refractivity contribution in [3.05, 3.63) is 35.5 Å². The lowest BCUT2D eigenvalue weighted by molar-refractivity contribution is -0.116. The smallest absolute Gasteiger partial charge is 0.244 e. The molecule has 1 heterocycles. The molecule has 0 aliphatic heterocycles. The third-order valence-corrected chi connectivity index (χ3v) is 2.07. The van der Waals surface area contributed by atoms with Gasteiger partial charge in [-0.05, 0) is 33.8 Å². The number of carbonyl (C=O) groups excluding carboxylic acids is 1. The van der Waals surface area contributed by atoms with E-state index in [0.717, 1.165) is 11.1 Å². The van der Waals surface area contributed by atoms with Crippen molar-refractivity contribution in [2.45, 2.75) is 40.3 Å². The van der Waals surface area contributed by atoms with Crippen LogP contribution in [-0.4, -0.2) is 17.0 Å². The van der Waals surface area contributed by atoms with E-state index in [2.05, 4.69) is 10.3 Å². The van der Waals surface area contributed by atoms with Gasteiger partial charge < -0.3 is 10.1 Å². The molecule has 18 heavy (non-hydrogen) atoms. The molecule has 0 atom stereocenters. The van der Waals surface area contributed by atoms with Gasteiger partial charge in [0.25, 0.3) is 0 Å². The van der Waals surface area contributed by atoms with E-state index in [1.165, 1.54) is 0 Å². The minimum absolute atomic E-state index is 0.0622. The van der Waals surface area contributed by atoms with E-state index >= 15 is 0 Å². The molecule has 0 saturated carbocycles. The summed E-state index contributed by atoms with van der Waals surface area (Å²) in [5.74, 6) is 0.472.